The number of aliphatic carboxylic acids is 1. The lowest BCUT2D eigenvalue weighted by molar-refractivity contribution is -0.152. The summed E-state index contributed by atoms with van der Waals surface area (Å²) in [5.74, 6) is -3.69. The van der Waals surface area contributed by atoms with Crippen molar-refractivity contribution in [1.82, 2.24) is 5.32 Å². The van der Waals surface area contributed by atoms with E-state index in [2.05, 4.69) is 10.1 Å². The third-order valence-electron chi connectivity index (χ3n) is 1.79. The lowest BCUT2D eigenvalue weighted by Crippen LogP contribution is -2.45. The van der Waals surface area contributed by atoms with Gasteiger partial charge in [-0.15, -0.1) is 0 Å². The third-order valence-corrected chi connectivity index (χ3v) is 1.79. The summed E-state index contributed by atoms with van der Waals surface area (Å²) in [5.41, 5.74) is 10.1. The molecular formula is C9H15N3O6. The first-order valence-corrected chi connectivity index (χ1v) is 4.94. The first-order valence-electron chi connectivity index (χ1n) is 4.94. The highest BCUT2D eigenvalue weighted by Gasteiger charge is 2.23. The van der Waals surface area contributed by atoms with Crippen molar-refractivity contribution in [3.63, 3.8) is 0 Å². The topological polar surface area (TPSA) is 162 Å². The highest BCUT2D eigenvalue weighted by molar-refractivity contribution is 5.85. The minimum absolute atomic E-state index is 0.406. The molecule has 6 N–H and O–H groups in total. The molecule has 0 spiro atoms. The van der Waals surface area contributed by atoms with Gasteiger partial charge in [0.15, 0.2) is 6.04 Å². The van der Waals surface area contributed by atoms with Gasteiger partial charge in [0.25, 0.3) is 0 Å². The van der Waals surface area contributed by atoms with Crippen molar-refractivity contribution in [2.45, 2.75) is 25.4 Å². The van der Waals surface area contributed by atoms with Crippen molar-refractivity contribution < 1.29 is 29.0 Å². The fraction of sp³-hybridized carbons (Fsp3) is 0.556. The molecule has 9 heteroatoms. The highest BCUT2D eigenvalue weighted by atomic mass is 16.5. The number of carbonyl (C=O) groups is 4. The number of nitrogens with one attached hydrogen (secondary N) is 1. The van der Waals surface area contributed by atoms with Gasteiger partial charge in [-0.05, 0) is 0 Å². The Morgan fingerprint density at radius 1 is 1.33 bits per heavy atom. The van der Waals surface area contributed by atoms with E-state index in [1.807, 2.05) is 0 Å². The van der Waals surface area contributed by atoms with Gasteiger partial charge in [-0.2, -0.15) is 0 Å². The molecule has 0 aromatic rings. The van der Waals surface area contributed by atoms with Crippen molar-refractivity contribution >= 4 is 23.8 Å². The number of hydrogen-bond donors (Lipinski definition) is 4. The molecule has 0 aromatic heterocycles. The van der Waals surface area contributed by atoms with Crippen LogP contribution in [0.4, 0.5) is 0 Å². The molecule has 0 radical (unpaired) electrons. The van der Waals surface area contributed by atoms with Gasteiger partial charge in [-0.25, -0.2) is 4.79 Å². The minimum atomic E-state index is -1.37. The van der Waals surface area contributed by atoms with Gasteiger partial charge in [-0.3, -0.25) is 14.4 Å². The number of carbonyl (C=O) groups excluding carboxylic acids is 3. The lowest BCUT2D eigenvalue weighted by Gasteiger charge is -2.15. The molecule has 0 aliphatic carbocycles. The fourth-order valence-electron chi connectivity index (χ4n) is 0.993. The largest absolute Gasteiger partial charge is 0.480 e. The predicted molar refractivity (Wildman–Crippen MR) is 58.0 cm³/mol. The summed E-state index contributed by atoms with van der Waals surface area (Å²) in [6.45, 7) is 0.538. The molecule has 2 amide bonds. The fourth-order valence-corrected chi connectivity index (χ4v) is 0.993. The Bertz CT molecular complexity index is 356. The maximum atomic E-state index is 11.2. The summed E-state index contributed by atoms with van der Waals surface area (Å²) in [7, 11) is 0. The summed E-state index contributed by atoms with van der Waals surface area (Å²) >= 11 is 0. The Morgan fingerprint density at radius 2 is 1.89 bits per heavy atom. The number of carboxylic acids is 1. The Balaban J connectivity index is 4.26. The molecule has 0 aromatic carbocycles. The summed E-state index contributed by atoms with van der Waals surface area (Å²) < 4.78 is 4.56. The molecule has 0 heterocycles. The molecule has 0 aliphatic rings. The molecule has 0 rings (SSSR count). The van der Waals surface area contributed by atoms with Crippen LogP contribution in [0.3, 0.4) is 0 Å². The molecule has 0 saturated heterocycles. The van der Waals surface area contributed by atoms with Crippen LogP contribution in [0.1, 0.15) is 13.3 Å². The van der Waals surface area contributed by atoms with Crippen molar-refractivity contribution in [3.8, 4) is 0 Å². The van der Waals surface area contributed by atoms with Crippen LogP contribution >= 0.6 is 0 Å². The maximum absolute atomic E-state index is 11.2. The second-order valence-electron chi connectivity index (χ2n) is 3.50. The molecule has 0 saturated carbocycles. The van der Waals surface area contributed by atoms with E-state index in [0.29, 0.717) is 0 Å². The SMILES string of the molecule is CC(=O)N[C@@H](COC(=O)[C@@H](N)CC(N)=O)C(=O)O. The van der Waals surface area contributed by atoms with Gasteiger partial charge in [0, 0.05) is 6.92 Å². The van der Waals surface area contributed by atoms with E-state index in [1.165, 1.54) is 0 Å². The van der Waals surface area contributed by atoms with E-state index in [9.17, 15) is 19.2 Å². The number of hydrogen-bond acceptors (Lipinski definition) is 6. The first-order chi connectivity index (χ1) is 8.23. The predicted octanol–water partition coefficient (Wildman–Crippen LogP) is -2.68. The standard InChI is InChI=1S/C9H15N3O6/c1-4(13)12-6(8(15)16)3-18-9(17)5(10)2-7(11)14/h5-6H,2-3,10H2,1H3,(H2,11,14)(H,12,13)(H,15,16)/t5-,6-/m0/s1. The van der Waals surface area contributed by atoms with Gasteiger partial charge in [0.1, 0.15) is 12.6 Å². The van der Waals surface area contributed by atoms with Crippen molar-refractivity contribution in [3.05, 3.63) is 0 Å². The summed E-state index contributed by atoms with van der Waals surface area (Å²) in [6.07, 6.45) is -0.406. The number of primary amides is 1. The molecule has 0 fully saturated rings. The van der Waals surface area contributed by atoms with Gasteiger partial charge in [0.05, 0.1) is 6.42 Å². The zero-order valence-electron chi connectivity index (χ0n) is 9.71. The monoisotopic (exact) mass is 261 g/mol. The van der Waals surface area contributed by atoms with Crippen LogP contribution in [0.15, 0.2) is 0 Å². The summed E-state index contributed by atoms with van der Waals surface area (Å²) in [5, 5.41) is 10.8. The number of amides is 2. The van der Waals surface area contributed by atoms with Crippen LogP contribution in [-0.2, 0) is 23.9 Å². The zero-order valence-corrected chi connectivity index (χ0v) is 9.71. The minimum Gasteiger partial charge on any atom is -0.480 e. The van der Waals surface area contributed by atoms with Crippen molar-refractivity contribution in [2.24, 2.45) is 11.5 Å². The van der Waals surface area contributed by atoms with Gasteiger partial charge in [-0.1, -0.05) is 0 Å². The number of rotatable bonds is 7. The van der Waals surface area contributed by atoms with Crippen LogP contribution in [0, 0.1) is 0 Å². The van der Waals surface area contributed by atoms with Crippen LogP contribution in [0.5, 0.6) is 0 Å². The van der Waals surface area contributed by atoms with Crippen LogP contribution in [0.2, 0.25) is 0 Å². The average Bonchev–Trinajstić information content (AvgIpc) is 2.21. The zero-order chi connectivity index (χ0) is 14.3. The van der Waals surface area contributed by atoms with Crippen molar-refractivity contribution in [2.75, 3.05) is 6.61 Å². The second-order valence-corrected chi connectivity index (χ2v) is 3.50. The van der Waals surface area contributed by atoms with E-state index in [4.69, 9.17) is 16.6 Å². The van der Waals surface area contributed by atoms with Crippen molar-refractivity contribution in [1.29, 1.82) is 0 Å². The molecule has 18 heavy (non-hydrogen) atoms. The van der Waals surface area contributed by atoms with E-state index >= 15 is 0 Å². The average molecular weight is 261 g/mol. The van der Waals surface area contributed by atoms with E-state index in [-0.39, 0.29) is 0 Å². The number of nitrogens with two attached hydrogens (primary N) is 2. The van der Waals surface area contributed by atoms with E-state index in [1.54, 1.807) is 0 Å². The normalized spacial score (nSPS) is 13.2. The molecule has 0 unspecified atom stereocenters. The number of esters is 1. The van der Waals surface area contributed by atoms with Gasteiger partial charge >= 0.3 is 11.9 Å². The molecular weight excluding hydrogens is 246 g/mol. The Hall–Kier alpha value is -2.16. The molecule has 102 valence electrons. The Labute approximate surface area is 102 Å². The van der Waals surface area contributed by atoms with E-state index < -0.39 is 48.9 Å². The van der Waals surface area contributed by atoms with Gasteiger partial charge in [0.2, 0.25) is 11.8 Å². The highest BCUT2D eigenvalue weighted by Crippen LogP contribution is 1.94. The molecule has 9 nitrogen and oxygen atoms in total. The van der Waals surface area contributed by atoms with Crippen LogP contribution in [-0.4, -0.2) is 47.6 Å². The quantitative estimate of drug-likeness (QED) is 0.363. The lowest BCUT2D eigenvalue weighted by atomic mass is 10.2. The van der Waals surface area contributed by atoms with Crippen LogP contribution < -0.4 is 16.8 Å². The van der Waals surface area contributed by atoms with E-state index in [0.717, 1.165) is 6.92 Å². The van der Waals surface area contributed by atoms with Gasteiger partial charge < -0.3 is 26.6 Å². The first kappa shape index (κ1) is 15.8. The Morgan fingerprint density at radius 3 is 2.28 bits per heavy atom. The molecule has 0 bridgehead atoms. The smallest absolute Gasteiger partial charge is 0.329 e. The second kappa shape index (κ2) is 7.22. The number of ether oxygens (including phenoxy) is 1. The number of carboxylic acid groups (broad SMARTS) is 1. The Kier molecular flexibility index (Phi) is 6.35. The third kappa shape index (κ3) is 6.43. The molecule has 2 atom stereocenters. The maximum Gasteiger partial charge on any atom is 0.329 e. The molecule has 0 aliphatic heterocycles. The van der Waals surface area contributed by atoms with Crippen LogP contribution in [0.25, 0.3) is 0 Å². The summed E-state index contributed by atoms with van der Waals surface area (Å²) in [4.78, 5) is 43.1. The summed E-state index contributed by atoms with van der Waals surface area (Å²) in [6, 6.07) is -2.62.